The summed E-state index contributed by atoms with van der Waals surface area (Å²) in [5, 5.41) is 0. The Morgan fingerprint density at radius 2 is 1.58 bits per heavy atom. The van der Waals surface area contributed by atoms with E-state index in [2.05, 4.69) is 30.5 Å². The molecule has 0 N–H and O–H groups in total. The lowest BCUT2D eigenvalue weighted by atomic mass is 10.2. The smallest absolute Gasteiger partial charge is 0.155 e. The van der Waals surface area contributed by atoms with E-state index in [1.165, 1.54) is 10.5 Å². The summed E-state index contributed by atoms with van der Waals surface area (Å²) in [6.07, 6.45) is 2.27. The minimum Gasteiger partial charge on any atom is -0.497 e. The van der Waals surface area contributed by atoms with E-state index in [0.717, 1.165) is 17.3 Å². The molecule has 0 saturated heterocycles. The average Bonchev–Trinajstić information content (AvgIpc) is 2.47. The highest BCUT2D eigenvalue weighted by Gasteiger charge is 2.16. The van der Waals surface area contributed by atoms with Crippen LogP contribution in [0.1, 0.15) is 5.56 Å². The van der Waals surface area contributed by atoms with Gasteiger partial charge < -0.3 is 9.47 Å². The van der Waals surface area contributed by atoms with Gasteiger partial charge in [-0.05, 0) is 36.4 Å². The van der Waals surface area contributed by atoms with Crippen LogP contribution in [0.15, 0.2) is 53.4 Å². The summed E-state index contributed by atoms with van der Waals surface area (Å²) >= 11 is 0. The van der Waals surface area contributed by atoms with Crippen molar-refractivity contribution in [2.45, 2.75) is 10.6 Å². The normalized spacial score (nSPS) is 11.9. The monoisotopic (exact) mass is 275 g/mol. The van der Waals surface area contributed by atoms with E-state index >= 15 is 0 Å². The van der Waals surface area contributed by atoms with Gasteiger partial charge in [-0.25, -0.2) is 0 Å². The summed E-state index contributed by atoms with van der Waals surface area (Å²) in [4.78, 5) is 1.35. The van der Waals surface area contributed by atoms with Gasteiger partial charge >= 0.3 is 0 Å². The quantitative estimate of drug-likeness (QED) is 0.777. The molecule has 0 aliphatic rings. The van der Waals surface area contributed by atoms with Crippen LogP contribution in [0.25, 0.3) is 0 Å². The Hall–Kier alpha value is -1.61. The Morgan fingerprint density at radius 1 is 0.895 bits per heavy atom. The lowest BCUT2D eigenvalue weighted by Gasteiger charge is -2.06. The SMILES string of the molecule is COc1ccc([S+](C)Cc2cccc(OC)c2)cc1. The van der Waals surface area contributed by atoms with Gasteiger partial charge in [0.15, 0.2) is 4.90 Å². The molecule has 0 spiro atoms. The van der Waals surface area contributed by atoms with Gasteiger partial charge in [-0.3, -0.25) is 0 Å². The van der Waals surface area contributed by atoms with E-state index in [1.807, 2.05) is 24.3 Å². The fraction of sp³-hybridized carbons (Fsp3) is 0.250. The van der Waals surface area contributed by atoms with Gasteiger partial charge in [0.05, 0.1) is 14.2 Å². The molecule has 0 aromatic heterocycles. The van der Waals surface area contributed by atoms with Crippen LogP contribution in [-0.2, 0) is 16.6 Å². The summed E-state index contributed by atoms with van der Waals surface area (Å²) in [6.45, 7) is 0. The number of hydrogen-bond donors (Lipinski definition) is 0. The number of hydrogen-bond acceptors (Lipinski definition) is 2. The largest absolute Gasteiger partial charge is 0.497 e. The summed E-state index contributed by atoms with van der Waals surface area (Å²) < 4.78 is 10.4. The van der Waals surface area contributed by atoms with Gasteiger partial charge in [-0.15, -0.1) is 0 Å². The molecule has 0 bridgehead atoms. The van der Waals surface area contributed by atoms with Crippen molar-refractivity contribution in [2.75, 3.05) is 20.5 Å². The van der Waals surface area contributed by atoms with E-state index in [4.69, 9.17) is 9.47 Å². The maximum absolute atomic E-state index is 5.26. The third-order valence-corrected chi connectivity index (χ3v) is 4.82. The van der Waals surface area contributed by atoms with E-state index in [0.29, 0.717) is 0 Å². The molecule has 2 rings (SSSR count). The van der Waals surface area contributed by atoms with Crippen molar-refractivity contribution < 1.29 is 9.47 Å². The molecule has 0 fully saturated rings. The molecule has 0 amide bonds. The molecule has 1 atom stereocenters. The van der Waals surface area contributed by atoms with Crippen molar-refractivity contribution in [3.8, 4) is 11.5 Å². The third-order valence-electron chi connectivity index (χ3n) is 2.98. The van der Waals surface area contributed by atoms with Gasteiger partial charge in [-0.1, -0.05) is 12.1 Å². The Kier molecular flexibility index (Phi) is 4.74. The third kappa shape index (κ3) is 3.67. The molecule has 3 heteroatoms. The van der Waals surface area contributed by atoms with Crippen LogP contribution in [0.2, 0.25) is 0 Å². The zero-order valence-corrected chi connectivity index (χ0v) is 12.4. The second-order valence-corrected chi connectivity index (χ2v) is 6.34. The molecule has 0 aliphatic carbocycles. The number of benzene rings is 2. The van der Waals surface area contributed by atoms with Crippen molar-refractivity contribution >= 4 is 10.9 Å². The van der Waals surface area contributed by atoms with E-state index in [-0.39, 0.29) is 10.9 Å². The zero-order chi connectivity index (χ0) is 13.7. The maximum Gasteiger partial charge on any atom is 0.155 e. The predicted octanol–water partition coefficient (Wildman–Crippen LogP) is 3.51. The van der Waals surface area contributed by atoms with Crippen molar-refractivity contribution in [1.29, 1.82) is 0 Å². The fourth-order valence-corrected chi connectivity index (χ4v) is 3.35. The van der Waals surface area contributed by atoms with E-state index in [9.17, 15) is 0 Å². The average molecular weight is 275 g/mol. The Bertz CT molecular complexity index is 523. The second kappa shape index (κ2) is 6.53. The standard InChI is InChI=1S/C16H19O2S/c1-17-14-7-9-16(10-8-14)19(3)12-13-5-4-6-15(11-13)18-2/h4-11H,12H2,1-3H3/q+1. The highest BCUT2D eigenvalue weighted by Crippen LogP contribution is 2.21. The van der Waals surface area contributed by atoms with Crippen LogP contribution in [-0.4, -0.2) is 20.5 Å². The molecule has 0 saturated carbocycles. The van der Waals surface area contributed by atoms with E-state index < -0.39 is 0 Å². The highest BCUT2D eigenvalue weighted by atomic mass is 32.2. The van der Waals surface area contributed by atoms with Gasteiger partial charge in [0.25, 0.3) is 0 Å². The molecular formula is C16H19O2S+. The van der Waals surface area contributed by atoms with Crippen LogP contribution in [0.3, 0.4) is 0 Å². The van der Waals surface area contributed by atoms with Crippen molar-refractivity contribution in [1.82, 2.24) is 0 Å². The first-order valence-electron chi connectivity index (χ1n) is 6.12. The molecule has 19 heavy (non-hydrogen) atoms. The molecule has 100 valence electrons. The minimum atomic E-state index is 0.184. The van der Waals surface area contributed by atoms with Crippen LogP contribution in [0.4, 0.5) is 0 Å². The Balaban J connectivity index is 2.08. The number of rotatable bonds is 5. The van der Waals surface area contributed by atoms with Crippen LogP contribution < -0.4 is 9.47 Å². The lowest BCUT2D eigenvalue weighted by Crippen LogP contribution is -2.03. The summed E-state index contributed by atoms with van der Waals surface area (Å²) in [5.74, 6) is 2.86. The first-order valence-corrected chi connectivity index (χ1v) is 7.92. The highest BCUT2D eigenvalue weighted by molar-refractivity contribution is 7.95. The summed E-state index contributed by atoms with van der Waals surface area (Å²) in [6, 6.07) is 16.6. The predicted molar refractivity (Wildman–Crippen MR) is 81.2 cm³/mol. The second-order valence-electron chi connectivity index (χ2n) is 4.31. The zero-order valence-electron chi connectivity index (χ0n) is 11.6. The van der Waals surface area contributed by atoms with Gasteiger partial charge in [0.2, 0.25) is 0 Å². The van der Waals surface area contributed by atoms with Gasteiger partial charge in [0.1, 0.15) is 23.5 Å². The van der Waals surface area contributed by atoms with Crippen molar-refractivity contribution in [3.05, 3.63) is 54.1 Å². The minimum absolute atomic E-state index is 0.184. The van der Waals surface area contributed by atoms with Crippen molar-refractivity contribution in [2.24, 2.45) is 0 Å². The Morgan fingerprint density at radius 3 is 2.21 bits per heavy atom. The summed E-state index contributed by atoms with van der Waals surface area (Å²) in [7, 11) is 3.58. The Labute approximate surface area is 117 Å². The van der Waals surface area contributed by atoms with Gasteiger partial charge in [0, 0.05) is 16.5 Å². The first kappa shape index (κ1) is 13.8. The molecule has 1 unspecified atom stereocenters. The topological polar surface area (TPSA) is 18.5 Å². The van der Waals surface area contributed by atoms with Crippen molar-refractivity contribution in [3.63, 3.8) is 0 Å². The van der Waals surface area contributed by atoms with Crippen LogP contribution >= 0.6 is 0 Å². The molecule has 0 heterocycles. The fourth-order valence-electron chi connectivity index (χ4n) is 1.90. The molecule has 2 nitrogen and oxygen atoms in total. The molecular weight excluding hydrogens is 256 g/mol. The first-order chi connectivity index (χ1) is 9.22. The number of ether oxygens (including phenoxy) is 2. The number of methoxy groups -OCH3 is 2. The molecule has 0 aliphatic heterocycles. The van der Waals surface area contributed by atoms with E-state index in [1.54, 1.807) is 14.2 Å². The van der Waals surface area contributed by atoms with Gasteiger partial charge in [-0.2, -0.15) is 0 Å². The molecule has 2 aromatic rings. The molecule has 2 aromatic carbocycles. The maximum atomic E-state index is 5.26. The molecule has 0 radical (unpaired) electrons. The lowest BCUT2D eigenvalue weighted by molar-refractivity contribution is 0.414. The van der Waals surface area contributed by atoms with Crippen LogP contribution in [0, 0.1) is 0 Å². The van der Waals surface area contributed by atoms with Crippen LogP contribution in [0.5, 0.6) is 11.5 Å². The summed E-state index contributed by atoms with van der Waals surface area (Å²) in [5.41, 5.74) is 1.31.